The van der Waals surface area contributed by atoms with E-state index in [-0.39, 0.29) is 0 Å². The van der Waals surface area contributed by atoms with Gasteiger partial charge in [0.05, 0.1) is 12.9 Å². The summed E-state index contributed by atoms with van der Waals surface area (Å²) in [6.07, 6.45) is 14.3. The predicted octanol–water partition coefficient (Wildman–Crippen LogP) is 5.26. The molecule has 27 heavy (non-hydrogen) atoms. The van der Waals surface area contributed by atoms with Crippen LogP contribution in [0.5, 0.6) is 0 Å². The minimum atomic E-state index is -4.41. The first-order chi connectivity index (χ1) is 12.6. The van der Waals surface area contributed by atoms with Crippen molar-refractivity contribution < 1.29 is 21.7 Å². The van der Waals surface area contributed by atoms with Crippen molar-refractivity contribution in [1.29, 1.82) is 0 Å². The van der Waals surface area contributed by atoms with Gasteiger partial charge in [0, 0.05) is 19.6 Å². The van der Waals surface area contributed by atoms with Crippen molar-refractivity contribution in [1.82, 2.24) is 0 Å². The Morgan fingerprint density at radius 1 is 1.07 bits per heavy atom. The van der Waals surface area contributed by atoms with E-state index in [0.717, 1.165) is 7.11 Å². The van der Waals surface area contributed by atoms with Crippen LogP contribution in [0.15, 0.2) is 0 Å². The smallest absolute Gasteiger partial charge is 0.270 e. The maximum Gasteiger partial charge on any atom is 0.270 e. The molecular weight excluding hydrogens is 402 g/mol. The zero-order valence-electron chi connectivity index (χ0n) is 17.8. The Morgan fingerprint density at radius 2 is 1.52 bits per heavy atom. The normalized spacial score (nSPS) is 16.4. The molecule has 0 atom stereocenters. The number of unbranched alkanes of at least 4 members (excludes halogenated alkanes) is 9. The largest absolute Gasteiger partial charge is 0.726 e. The van der Waals surface area contributed by atoms with Gasteiger partial charge in [-0.25, -0.2) is 13.0 Å². The standard InChI is InChI=1S/C18H36NS2.CH4O4S/c1-5-6-7-8-9-10-11-12-13-14-15-20-17-19(4)18(2,3)16-21-17;1-5-6(2,3)4/h5-16H2,1-4H3;1H3,(H,2,3,4)/q+1;/p-1. The van der Waals surface area contributed by atoms with Gasteiger partial charge in [-0.3, -0.25) is 4.18 Å². The second-order valence-corrected chi connectivity index (χ2v) is 11.0. The minimum Gasteiger partial charge on any atom is -0.726 e. The van der Waals surface area contributed by atoms with Gasteiger partial charge in [-0.2, -0.15) is 0 Å². The Labute approximate surface area is 176 Å². The SMILES string of the molecule is CCCCCCCCCCCCSC1=[N+](C)C(C)(C)CS1.COS(=O)(=O)[O-]. The van der Waals surface area contributed by atoms with Gasteiger partial charge < -0.3 is 4.55 Å². The van der Waals surface area contributed by atoms with Gasteiger partial charge in [0.15, 0.2) is 5.54 Å². The average Bonchev–Trinajstić information content (AvgIpc) is 2.86. The number of rotatable bonds is 12. The number of hydrogen-bond donors (Lipinski definition) is 0. The summed E-state index contributed by atoms with van der Waals surface area (Å²) in [7, 11) is -1.35. The van der Waals surface area contributed by atoms with Crippen LogP contribution in [0.25, 0.3) is 0 Å². The van der Waals surface area contributed by atoms with Gasteiger partial charge in [-0.05, 0) is 18.2 Å². The Kier molecular flexibility index (Phi) is 15.3. The first-order valence-electron chi connectivity index (χ1n) is 10.0. The Balaban J connectivity index is 0.000000972. The van der Waals surface area contributed by atoms with E-state index >= 15 is 0 Å². The summed E-state index contributed by atoms with van der Waals surface area (Å²) in [5, 5.41) is 0. The lowest BCUT2D eigenvalue weighted by molar-refractivity contribution is -0.560. The fourth-order valence-electron chi connectivity index (χ4n) is 2.57. The zero-order valence-corrected chi connectivity index (χ0v) is 20.2. The number of nitrogens with zero attached hydrogens (tertiary/aromatic N) is 1. The molecule has 1 rings (SSSR count). The first-order valence-corrected chi connectivity index (χ1v) is 13.3. The lowest BCUT2D eigenvalue weighted by atomic mass is 10.1. The van der Waals surface area contributed by atoms with Gasteiger partial charge in [0.25, 0.3) is 4.38 Å². The quantitative estimate of drug-likeness (QED) is 0.178. The molecular formula is C19H39NO4S3. The van der Waals surface area contributed by atoms with E-state index < -0.39 is 10.4 Å². The van der Waals surface area contributed by atoms with Crippen LogP contribution < -0.4 is 0 Å². The molecule has 0 N–H and O–H groups in total. The molecule has 1 aliphatic heterocycles. The van der Waals surface area contributed by atoms with Crippen molar-refractivity contribution in [2.24, 2.45) is 0 Å². The van der Waals surface area contributed by atoms with Crippen molar-refractivity contribution in [2.75, 3.05) is 25.7 Å². The van der Waals surface area contributed by atoms with Gasteiger partial charge >= 0.3 is 0 Å². The van der Waals surface area contributed by atoms with E-state index in [4.69, 9.17) is 0 Å². The Hall–Kier alpha value is 0.240. The van der Waals surface area contributed by atoms with Crippen LogP contribution in [0.2, 0.25) is 0 Å². The molecule has 0 bridgehead atoms. The van der Waals surface area contributed by atoms with Crippen LogP contribution in [0, 0.1) is 0 Å². The van der Waals surface area contributed by atoms with Crippen LogP contribution in [0.4, 0.5) is 0 Å². The van der Waals surface area contributed by atoms with Crippen LogP contribution in [-0.4, -0.2) is 53.1 Å². The topological polar surface area (TPSA) is 69.4 Å². The monoisotopic (exact) mass is 441 g/mol. The maximum atomic E-state index is 9.22. The number of thioether (sulfide) groups is 2. The summed E-state index contributed by atoms with van der Waals surface area (Å²) in [5.74, 6) is 2.54. The summed E-state index contributed by atoms with van der Waals surface area (Å²) in [6, 6.07) is 0. The average molecular weight is 442 g/mol. The molecule has 1 heterocycles. The Morgan fingerprint density at radius 3 is 1.89 bits per heavy atom. The Bertz CT molecular complexity index is 519. The highest BCUT2D eigenvalue weighted by atomic mass is 32.3. The maximum absolute atomic E-state index is 9.22. The summed E-state index contributed by atoms with van der Waals surface area (Å²) in [4.78, 5) is 0. The lowest BCUT2D eigenvalue weighted by Gasteiger charge is -2.11. The van der Waals surface area contributed by atoms with Crippen LogP contribution in [0.3, 0.4) is 0 Å². The van der Waals surface area contributed by atoms with E-state index in [1.807, 2.05) is 11.8 Å². The molecule has 0 amide bonds. The summed E-state index contributed by atoms with van der Waals surface area (Å²) in [5.41, 5.74) is 0.352. The highest BCUT2D eigenvalue weighted by Gasteiger charge is 2.38. The highest BCUT2D eigenvalue weighted by molar-refractivity contribution is 8.38. The molecule has 0 spiro atoms. The first kappa shape index (κ1) is 27.2. The van der Waals surface area contributed by atoms with Gasteiger partial charge in [0.2, 0.25) is 10.4 Å². The van der Waals surface area contributed by atoms with Crippen LogP contribution in [-0.2, 0) is 14.6 Å². The zero-order chi connectivity index (χ0) is 20.8. The summed E-state index contributed by atoms with van der Waals surface area (Å²) >= 11 is 4.12. The highest BCUT2D eigenvalue weighted by Crippen LogP contribution is 2.31. The third kappa shape index (κ3) is 14.8. The van der Waals surface area contributed by atoms with E-state index in [1.165, 1.54) is 80.1 Å². The molecule has 0 saturated carbocycles. The second-order valence-electron chi connectivity index (χ2n) is 7.53. The molecule has 162 valence electrons. The van der Waals surface area contributed by atoms with E-state index in [2.05, 4.69) is 48.3 Å². The van der Waals surface area contributed by atoms with Gasteiger partial charge in [0.1, 0.15) is 7.05 Å². The predicted molar refractivity (Wildman–Crippen MR) is 119 cm³/mol. The molecule has 0 aromatic heterocycles. The molecule has 0 unspecified atom stereocenters. The molecule has 0 aromatic rings. The van der Waals surface area contributed by atoms with Crippen molar-refractivity contribution in [3.05, 3.63) is 0 Å². The van der Waals surface area contributed by atoms with Gasteiger partial charge in [-0.15, -0.1) is 0 Å². The fourth-order valence-corrected chi connectivity index (χ4v) is 5.40. The van der Waals surface area contributed by atoms with Crippen LogP contribution >= 0.6 is 23.5 Å². The summed E-state index contributed by atoms with van der Waals surface area (Å²) < 4.78 is 35.0. The van der Waals surface area contributed by atoms with Crippen molar-refractivity contribution in [3.8, 4) is 0 Å². The molecule has 1 aliphatic rings. The second kappa shape index (κ2) is 15.1. The minimum absolute atomic E-state index is 0.352. The van der Waals surface area contributed by atoms with E-state index in [0.29, 0.717) is 5.54 Å². The fraction of sp³-hybridized carbons (Fsp3) is 0.947. The third-order valence-electron chi connectivity index (χ3n) is 4.66. The molecule has 5 nitrogen and oxygen atoms in total. The number of hydrogen-bond acceptors (Lipinski definition) is 6. The van der Waals surface area contributed by atoms with Crippen molar-refractivity contribution in [3.63, 3.8) is 0 Å². The molecule has 0 fully saturated rings. The molecule has 0 aromatic carbocycles. The summed E-state index contributed by atoms with van der Waals surface area (Å²) in [6.45, 7) is 6.97. The third-order valence-corrected chi connectivity index (χ3v) is 8.16. The molecule has 0 aliphatic carbocycles. The molecule has 0 saturated heterocycles. The van der Waals surface area contributed by atoms with E-state index in [1.54, 1.807) is 0 Å². The van der Waals surface area contributed by atoms with Crippen LogP contribution in [0.1, 0.15) is 85.0 Å². The molecule has 8 heteroatoms. The lowest BCUT2D eigenvalue weighted by Crippen LogP contribution is -2.32. The van der Waals surface area contributed by atoms with Gasteiger partial charge in [-0.1, -0.05) is 76.5 Å². The van der Waals surface area contributed by atoms with E-state index in [9.17, 15) is 13.0 Å². The molecule has 0 radical (unpaired) electrons. The van der Waals surface area contributed by atoms with Crippen molar-refractivity contribution >= 4 is 38.3 Å². The van der Waals surface area contributed by atoms with Crippen molar-refractivity contribution in [2.45, 2.75) is 90.5 Å².